The molecule has 7 heteroatoms. The van der Waals surface area contributed by atoms with Crippen LogP contribution in [0.5, 0.6) is 0 Å². The molecule has 0 aliphatic rings. The second-order valence-corrected chi connectivity index (χ2v) is 1.42. The van der Waals surface area contributed by atoms with E-state index >= 15 is 0 Å². The van der Waals surface area contributed by atoms with Gasteiger partial charge in [-0.3, -0.25) is 0 Å². The first-order chi connectivity index (χ1) is 4.54. The number of nitrogens with two attached hydrogens (primary N) is 2. The van der Waals surface area contributed by atoms with Crippen molar-refractivity contribution in [2.45, 2.75) is 6.10 Å². The van der Waals surface area contributed by atoms with Gasteiger partial charge in [0, 0.05) is 0 Å². The summed E-state index contributed by atoms with van der Waals surface area (Å²) in [5.74, 6) is 0. The van der Waals surface area contributed by atoms with Crippen molar-refractivity contribution in [1.29, 1.82) is 0 Å². The molecule has 0 saturated heterocycles. The Balaban J connectivity index is -0.000000114. The van der Waals surface area contributed by atoms with Gasteiger partial charge in [-0.05, 0) is 0 Å². The Kier molecular flexibility index (Phi) is 17.9. The van der Waals surface area contributed by atoms with E-state index in [1.54, 1.807) is 0 Å². The number of rotatable bonds is 2. The molecule has 0 bridgehead atoms. The highest BCUT2D eigenvalue weighted by molar-refractivity contribution is 5.69. The van der Waals surface area contributed by atoms with E-state index in [0.717, 1.165) is 0 Å². The first-order valence-electron chi connectivity index (χ1n) is 2.49. The summed E-state index contributed by atoms with van der Waals surface area (Å²) in [7, 11) is 0. The highest BCUT2D eigenvalue weighted by atomic mass is 16.3. The summed E-state index contributed by atoms with van der Waals surface area (Å²) in [5, 5.41) is 24.0. The number of urea groups is 1. The normalized spacial score (nSPS) is 7.64. The molecule has 0 aromatic rings. The van der Waals surface area contributed by atoms with Crippen LogP contribution < -0.4 is 11.5 Å². The van der Waals surface area contributed by atoms with E-state index in [2.05, 4.69) is 11.5 Å². The highest BCUT2D eigenvalue weighted by Gasteiger charge is 1.93. The fraction of sp³-hybridized carbons (Fsp3) is 0.750. The van der Waals surface area contributed by atoms with E-state index in [1.165, 1.54) is 0 Å². The fourth-order valence-corrected chi connectivity index (χ4v) is 0.0577. The van der Waals surface area contributed by atoms with Gasteiger partial charge in [0.15, 0.2) is 0 Å². The molecular formula is C4H14N2O5. The molecule has 0 aromatic heterocycles. The third-order valence-electron chi connectivity index (χ3n) is 0.421. The first kappa shape index (κ1) is 16.6. The number of amides is 2. The Morgan fingerprint density at radius 2 is 1.45 bits per heavy atom. The van der Waals surface area contributed by atoms with Crippen molar-refractivity contribution in [2.24, 2.45) is 11.5 Å². The summed E-state index contributed by atoms with van der Waals surface area (Å²) in [6.07, 6.45) is -0.954. The Morgan fingerprint density at radius 3 is 1.45 bits per heavy atom. The number of primary amides is 2. The summed E-state index contributed by atoms with van der Waals surface area (Å²) in [6.45, 7) is -0.729. The standard InChI is InChI=1S/C3H8O3.CH4N2O.H2O/c4-1-3(6)2-5;2-1(3)4;/h3-6H,1-2H2;(H4,2,3,4);1H2. The van der Waals surface area contributed by atoms with E-state index in [1.807, 2.05) is 0 Å². The fourth-order valence-electron chi connectivity index (χ4n) is 0.0577. The quantitative estimate of drug-likeness (QED) is 0.291. The van der Waals surface area contributed by atoms with Gasteiger partial charge in [-0.15, -0.1) is 0 Å². The molecular weight excluding hydrogens is 156 g/mol. The van der Waals surface area contributed by atoms with Crippen molar-refractivity contribution < 1.29 is 25.6 Å². The van der Waals surface area contributed by atoms with Crippen LogP contribution in [-0.4, -0.2) is 46.1 Å². The maximum atomic E-state index is 9.00. The third-order valence-corrected chi connectivity index (χ3v) is 0.421. The molecule has 0 aliphatic carbocycles. The third kappa shape index (κ3) is 47.6. The topological polar surface area (TPSA) is 161 Å². The predicted octanol–water partition coefficient (Wildman–Crippen LogP) is -3.47. The number of carbonyl (C=O) groups excluding carboxylic acids is 1. The molecule has 7 nitrogen and oxygen atoms in total. The van der Waals surface area contributed by atoms with E-state index in [-0.39, 0.29) is 18.7 Å². The number of hydrogen-bond donors (Lipinski definition) is 5. The largest absolute Gasteiger partial charge is 0.412 e. The van der Waals surface area contributed by atoms with Crippen LogP contribution in [0.3, 0.4) is 0 Å². The lowest BCUT2D eigenvalue weighted by Crippen LogP contribution is -2.18. The lowest BCUT2D eigenvalue weighted by atomic mass is 10.4. The monoisotopic (exact) mass is 170 g/mol. The van der Waals surface area contributed by atoms with Crippen LogP contribution >= 0.6 is 0 Å². The van der Waals surface area contributed by atoms with Crippen LogP contribution in [0.1, 0.15) is 0 Å². The molecule has 0 aliphatic heterocycles. The molecule has 0 rings (SSSR count). The smallest absolute Gasteiger partial charge is 0.309 e. The lowest BCUT2D eigenvalue weighted by Gasteiger charge is -1.96. The van der Waals surface area contributed by atoms with E-state index in [9.17, 15) is 0 Å². The molecule has 11 heavy (non-hydrogen) atoms. The van der Waals surface area contributed by atoms with E-state index in [4.69, 9.17) is 20.1 Å². The average molecular weight is 170 g/mol. The van der Waals surface area contributed by atoms with Crippen molar-refractivity contribution in [1.82, 2.24) is 0 Å². The average Bonchev–Trinajstić information content (AvgIpc) is 1.85. The van der Waals surface area contributed by atoms with Crippen LogP contribution in [0, 0.1) is 0 Å². The van der Waals surface area contributed by atoms with Crippen LogP contribution in [0.4, 0.5) is 4.79 Å². The minimum atomic E-state index is -0.954. The van der Waals surface area contributed by atoms with Gasteiger partial charge >= 0.3 is 6.03 Å². The molecule has 0 spiro atoms. The van der Waals surface area contributed by atoms with Gasteiger partial charge in [0.25, 0.3) is 0 Å². The zero-order valence-corrected chi connectivity index (χ0v) is 5.90. The minimum Gasteiger partial charge on any atom is -0.412 e. The van der Waals surface area contributed by atoms with Gasteiger partial charge in [-0.25, -0.2) is 4.79 Å². The van der Waals surface area contributed by atoms with Gasteiger partial charge in [0.05, 0.1) is 13.2 Å². The summed E-state index contributed by atoms with van der Waals surface area (Å²) in [4.78, 5) is 9.00. The SMILES string of the molecule is NC(N)=O.O.OCC(O)CO. The Bertz CT molecular complexity index is 80.6. The molecule has 70 valence electrons. The Hall–Kier alpha value is -0.890. The van der Waals surface area contributed by atoms with Gasteiger partial charge in [-0.1, -0.05) is 0 Å². The van der Waals surface area contributed by atoms with Crippen molar-refractivity contribution in [2.75, 3.05) is 13.2 Å². The summed E-state index contributed by atoms with van der Waals surface area (Å²) in [5.41, 5.74) is 8.50. The zero-order valence-electron chi connectivity index (χ0n) is 5.90. The Morgan fingerprint density at radius 1 is 1.27 bits per heavy atom. The van der Waals surface area contributed by atoms with Crippen molar-refractivity contribution >= 4 is 6.03 Å². The highest BCUT2D eigenvalue weighted by Crippen LogP contribution is 1.71. The summed E-state index contributed by atoms with van der Waals surface area (Å²) in [6, 6.07) is -0.833. The Labute approximate surface area is 63.5 Å². The number of carbonyl (C=O) groups is 1. The first-order valence-corrected chi connectivity index (χ1v) is 2.49. The summed E-state index contributed by atoms with van der Waals surface area (Å²) < 4.78 is 0. The maximum Gasteiger partial charge on any atom is 0.309 e. The van der Waals surface area contributed by atoms with Crippen LogP contribution in [-0.2, 0) is 0 Å². The molecule has 9 N–H and O–H groups in total. The van der Waals surface area contributed by atoms with Crippen LogP contribution in [0.15, 0.2) is 0 Å². The minimum absolute atomic E-state index is 0. The van der Waals surface area contributed by atoms with Crippen molar-refractivity contribution in [3.63, 3.8) is 0 Å². The lowest BCUT2D eigenvalue weighted by molar-refractivity contribution is 0.0450. The second kappa shape index (κ2) is 11.9. The summed E-state index contributed by atoms with van der Waals surface area (Å²) >= 11 is 0. The molecule has 2 amide bonds. The number of aliphatic hydroxyl groups excluding tert-OH is 3. The van der Waals surface area contributed by atoms with Gasteiger partial charge in [-0.2, -0.15) is 0 Å². The molecule has 0 aromatic carbocycles. The molecule has 0 atom stereocenters. The van der Waals surface area contributed by atoms with Crippen LogP contribution in [0.2, 0.25) is 0 Å². The zero-order chi connectivity index (χ0) is 8.57. The second-order valence-electron chi connectivity index (χ2n) is 1.42. The molecule has 0 heterocycles. The van der Waals surface area contributed by atoms with Gasteiger partial charge < -0.3 is 32.3 Å². The molecule has 0 radical (unpaired) electrons. The predicted molar refractivity (Wildman–Crippen MR) is 37.6 cm³/mol. The number of aliphatic hydroxyl groups is 3. The van der Waals surface area contributed by atoms with Gasteiger partial charge in [0.2, 0.25) is 0 Å². The molecule has 0 fully saturated rings. The van der Waals surface area contributed by atoms with E-state index in [0.29, 0.717) is 0 Å². The van der Waals surface area contributed by atoms with Crippen molar-refractivity contribution in [3.05, 3.63) is 0 Å². The van der Waals surface area contributed by atoms with Crippen molar-refractivity contribution in [3.8, 4) is 0 Å². The maximum absolute atomic E-state index is 9.00. The molecule has 0 saturated carbocycles. The van der Waals surface area contributed by atoms with Crippen LogP contribution in [0.25, 0.3) is 0 Å². The van der Waals surface area contributed by atoms with E-state index < -0.39 is 12.1 Å². The van der Waals surface area contributed by atoms with Gasteiger partial charge in [0.1, 0.15) is 6.10 Å². The molecule has 0 unspecified atom stereocenters. The number of hydrogen-bond acceptors (Lipinski definition) is 4.